The molecule has 0 spiro atoms. The van der Waals surface area contributed by atoms with E-state index in [0.29, 0.717) is 23.1 Å². The van der Waals surface area contributed by atoms with Crippen LogP contribution in [0.1, 0.15) is 41.7 Å². The quantitative estimate of drug-likeness (QED) is 0.735. The number of rotatable bonds is 5. The third kappa shape index (κ3) is 4.64. The maximum atomic E-state index is 12.5. The number of hydrogen-bond acceptors (Lipinski definition) is 6. The Kier molecular flexibility index (Phi) is 5.27. The number of anilines is 1. The van der Waals surface area contributed by atoms with Crippen molar-refractivity contribution in [1.82, 2.24) is 15.2 Å². The van der Waals surface area contributed by atoms with Gasteiger partial charge in [0.25, 0.3) is 5.91 Å². The summed E-state index contributed by atoms with van der Waals surface area (Å²) in [6.45, 7) is 6.57. The van der Waals surface area contributed by atoms with E-state index in [2.05, 4.69) is 41.3 Å². The fourth-order valence-corrected chi connectivity index (χ4v) is 2.92. The molecule has 3 aromatic rings. The van der Waals surface area contributed by atoms with E-state index >= 15 is 0 Å². The molecule has 26 heavy (non-hydrogen) atoms. The SMILES string of the molecule is CC(C)(C)c1nnc(NC(=O)c2cccc(OCc3cccnc3)c2)s1. The van der Waals surface area contributed by atoms with Crippen LogP contribution in [0.25, 0.3) is 0 Å². The first-order valence-electron chi connectivity index (χ1n) is 8.19. The molecule has 2 aromatic heterocycles. The molecule has 0 aliphatic heterocycles. The molecule has 0 aliphatic rings. The van der Waals surface area contributed by atoms with Gasteiger partial charge in [0.2, 0.25) is 5.13 Å². The summed E-state index contributed by atoms with van der Waals surface area (Å²) in [6.07, 6.45) is 3.46. The van der Waals surface area contributed by atoms with Crippen molar-refractivity contribution in [2.75, 3.05) is 5.32 Å². The first kappa shape index (κ1) is 18.0. The Labute approximate surface area is 156 Å². The second-order valence-electron chi connectivity index (χ2n) is 6.79. The van der Waals surface area contributed by atoms with Crippen LogP contribution in [-0.2, 0) is 12.0 Å². The molecule has 0 radical (unpaired) electrons. The zero-order chi connectivity index (χ0) is 18.6. The number of pyridine rings is 1. The van der Waals surface area contributed by atoms with Crippen molar-refractivity contribution in [3.63, 3.8) is 0 Å². The molecule has 0 bridgehead atoms. The first-order valence-corrected chi connectivity index (χ1v) is 9.00. The maximum Gasteiger partial charge on any atom is 0.257 e. The van der Waals surface area contributed by atoms with Crippen LogP contribution in [0.2, 0.25) is 0 Å². The van der Waals surface area contributed by atoms with Gasteiger partial charge in [0.15, 0.2) is 0 Å². The van der Waals surface area contributed by atoms with Crippen LogP contribution >= 0.6 is 11.3 Å². The molecule has 0 atom stereocenters. The largest absolute Gasteiger partial charge is 0.489 e. The smallest absolute Gasteiger partial charge is 0.257 e. The minimum atomic E-state index is -0.242. The topological polar surface area (TPSA) is 77.0 Å². The van der Waals surface area contributed by atoms with E-state index in [4.69, 9.17) is 4.74 Å². The predicted octanol–water partition coefficient (Wildman–Crippen LogP) is 4.06. The summed E-state index contributed by atoms with van der Waals surface area (Å²) < 4.78 is 5.74. The van der Waals surface area contributed by atoms with Crippen molar-refractivity contribution in [2.24, 2.45) is 0 Å². The van der Waals surface area contributed by atoms with E-state index in [-0.39, 0.29) is 11.3 Å². The van der Waals surface area contributed by atoms with E-state index in [1.807, 2.05) is 18.2 Å². The number of carbonyl (C=O) groups excluding carboxylic acids is 1. The van der Waals surface area contributed by atoms with E-state index in [0.717, 1.165) is 10.6 Å². The predicted molar refractivity (Wildman–Crippen MR) is 102 cm³/mol. The van der Waals surface area contributed by atoms with Gasteiger partial charge in [0.1, 0.15) is 17.4 Å². The van der Waals surface area contributed by atoms with Gasteiger partial charge in [0.05, 0.1) is 0 Å². The van der Waals surface area contributed by atoms with Crippen LogP contribution in [0, 0.1) is 0 Å². The van der Waals surface area contributed by atoms with Crippen molar-refractivity contribution in [3.05, 3.63) is 64.9 Å². The number of ether oxygens (including phenoxy) is 1. The zero-order valence-corrected chi connectivity index (χ0v) is 15.7. The summed E-state index contributed by atoms with van der Waals surface area (Å²) in [4.78, 5) is 16.5. The highest BCUT2D eigenvalue weighted by atomic mass is 32.1. The van der Waals surface area contributed by atoms with Crippen LogP contribution < -0.4 is 10.1 Å². The molecule has 0 unspecified atom stereocenters. The third-order valence-corrected chi connectivity index (χ3v) is 4.78. The van der Waals surface area contributed by atoms with Gasteiger partial charge in [-0.05, 0) is 24.3 Å². The molecular formula is C19H20N4O2S. The minimum Gasteiger partial charge on any atom is -0.489 e. The Balaban J connectivity index is 1.65. The van der Waals surface area contributed by atoms with Crippen LogP contribution in [0.4, 0.5) is 5.13 Å². The molecule has 6 nitrogen and oxygen atoms in total. The van der Waals surface area contributed by atoms with Crippen LogP contribution in [-0.4, -0.2) is 21.1 Å². The second kappa shape index (κ2) is 7.61. The Bertz CT molecular complexity index is 888. The van der Waals surface area contributed by atoms with E-state index in [1.165, 1.54) is 11.3 Å². The number of nitrogens with one attached hydrogen (secondary N) is 1. The van der Waals surface area contributed by atoms with Gasteiger partial charge >= 0.3 is 0 Å². The average Bonchev–Trinajstić information content (AvgIpc) is 3.10. The fourth-order valence-electron chi connectivity index (χ4n) is 2.12. The lowest BCUT2D eigenvalue weighted by Gasteiger charge is -2.12. The van der Waals surface area contributed by atoms with Crippen LogP contribution in [0.3, 0.4) is 0 Å². The molecule has 1 aromatic carbocycles. The monoisotopic (exact) mass is 368 g/mol. The maximum absolute atomic E-state index is 12.5. The lowest BCUT2D eigenvalue weighted by Crippen LogP contribution is -2.11. The minimum absolute atomic E-state index is 0.0965. The van der Waals surface area contributed by atoms with Crippen molar-refractivity contribution in [3.8, 4) is 5.75 Å². The highest BCUT2D eigenvalue weighted by Crippen LogP contribution is 2.28. The summed E-state index contributed by atoms with van der Waals surface area (Å²) in [6, 6.07) is 10.8. The summed E-state index contributed by atoms with van der Waals surface area (Å²) in [5.74, 6) is 0.377. The van der Waals surface area contributed by atoms with E-state index in [9.17, 15) is 4.79 Å². The summed E-state index contributed by atoms with van der Waals surface area (Å²) in [5, 5.41) is 12.3. The molecule has 0 saturated carbocycles. The normalized spacial score (nSPS) is 11.2. The number of hydrogen-bond donors (Lipinski definition) is 1. The zero-order valence-electron chi connectivity index (χ0n) is 14.9. The summed E-state index contributed by atoms with van der Waals surface area (Å²) in [5.41, 5.74) is 1.37. The molecule has 0 fully saturated rings. The van der Waals surface area contributed by atoms with Crippen molar-refractivity contribution >= 4 is 22.4 Å². The van der Waals surface area contributed by atoms with Gasteiger partial charge in [-0.25, -0.2) is 0 Å². The summed E-state index contributed by atoms with van der Waals surface area (Å²) in [7, 11) is 0. The molecule has 7 heteroatoms. The molecular weight excluding hydrogens is 348 g/mol. The number of nitrogens with zero attached hydrogens (tertiary/aromatic N) is 3. The third-order valence-electron chi connectivity index (χ3n) is 3.51. The van der Waals surface area contributed by atoms with E-state index in [1.54, 1.807) is 30.6 Å². The highest BCUT2D eigenvalue weighted by molar-refractivity contribution is 7.15. The lowest BCUT2D eigenvalue weighted by molar-refractivity contribution is 0.102. The average molecular weight is 368 g/mol. The van der Waals surface area contributed by atoms with Crippen LogP contribution in [0.15, 0.2) is 48.8 Å². The molecule has 2 heterocycles. The van der Waals surface area contributed by atoms with E-state index < -0.39 is 0 Å². The van der Waals surface area contributed by atoms with Gasteiger partial charge in [-0.2, -0.15) is 0 Å². The standard InChI is InChI=1S/C19H20N4O2S/c1-19(2,3)17-22-23-18(26-17)21-16(24)14-7-4-8-15(10-14)25-12-13-6-5-9-20-11-13/h4-11H,12H2,1-3H3,(H,21,23,24). The van der Waals surface area contributed by atoms with Crippen molar-refractivity contribution in [1.29, 1.82) is 0 Å². The molecule has 0 aliphatic carbocycles. The molecule has 1 N–H and O–H groups in total. The Morgan fingerprint density at radius 2 is 2.04 bits per heavy atom. The molecule has 3 rings (SSSR count). The molecule has 1 amide bonds. The molecule has 134 valence electrons. The van der Waals surface area contributed by atoms with Crippen molar-refractivity contribution < 1.29 is 9.53 Å². The van der Waals surface area contributed by atoms with Gasteiger partial charge in [-0.3, -0.25) is 15.1 Å². The lowest BCUT2D eigenvalue weighted by atomic mass is 9.98. The number of aromatic nitrogens is 3. The fraction of sp³-hybridized carbons (Fsp3) is 0.263. The Hall–Kier alpha value is -2.80. The number of benzene rings is 1. The van der Waals surface area contributed by atoms with Crippen LogP contribution in [0.5, 0.6) is 5.75 Å². The first-order chi connectivity index (χ1) is 12.4. The highest BCUT2D eigenvalue weighted by Gasteiger charge is 2.20. The second-order valence-corrected chi connectivity index (χ2v) is 7.77. The van der Waals surface area contributed by atoms with Gasteiger partial charge < -0.3 is 4.74 Å². The summed E-state index contributed by atoms with van der Waals surface area (Å²) >= 11 is 1.38. The van der Waals surface area contributed by atoms with Crippen molar-refractivity contribution in [2.45, 2.75) is 32.8 Å². The Morgan fingerprint density at radius 1 is 1.19 bits per heavy atom. The molecule has 0 saturated heterocycles. The Morgan fingerprint density at radius 3 is 2.73 bits per heavy atom. The van der Waals surface area contributed by atoms with Gasteiger partial charge in [0, 0.05) is 28.9 Å². The van der Waals surface area contributed by atoms with Gasteiger partial charge in [-0.15, -0.1) is 10.2 Å². The number of amides is 1. The van der Waals surface area contributed by atoms with Gasteiger partial charge in [-0.1, -0.05) is 44.2 Å². The number of carbonyl (C=O) groups is 1.